The van der Waals surface area contributed by atoms with Crippen LogP contribution in [0, 0.1) is 25.7 Å². The summed E-state index contributed by atoms with van der Waals surface area (Å²) in [6, 6.07) is 0. The number of morpholine rings is 1. The van der Waals surface area contributed by atoms with Crippen LogP contribution in [0.15, 0.2) is 4.52 Å². The lowest BCUT2D eigenvalue weighted by atomic mass is 9.99. The molecule has 4 rings (SSSR count). The molecule has 1 amide bonds. The van der Waals surface area contributed by atoms with Gasteiger partial charge in [-0.2, -0.15) is 13.2 Å². The lowest BCUT2D eigenvalue weighted by molar-refractivity contribution is -0.192. The van der Waals surface area contributed by atoms with E-state index < -0.39 is 12.1 Å². The molecule has 1 saturated carbocycles. The third-order valence-electron chi connectivity index (χ3n) is 5.64. The number of carboxylic acids is 1. The Hall–Kier alpha value is -2.14. The largest absolute Gasteiger partial charge is 0.490 e. The van der Waals surface area contributed by atoms with E-state index in [4.69, 9.17) is 19.2 Å². The second-order valence-corrected chi connectivity index (χ2v) is 8.13. The molecule has 1 aromatic rings. The van der Waals surface area contributed by atoms with Crippen molar-refractivity contribution in [3.63, 3.8) is 0 Å². The maximum Gasteiger partial charge on any atom is 0.490 e. The molecule has 2 aliphatic heterocycles. The lowest BCUT2D eigenvalue weighted by Crippen LogP contribution is -2.45. The first-order valence-electron chi connectivity index (χ1n) is 9.92. The number of alkyl halides is 3. The Morgan fingerprint density at radius 2 is 1.93 bits per heavy atom. The van der Waals surface area contributed by atoms with Gasteiger partial charge in [-0.15, -0.1) is 0 Å². The number of likely N-dealkylation sites (tertiary alicyclic amines) is 1. The van der Waals surface area contributed by atoms with Crippen LogP contribution in [0.3, 0.4) is 0 Å². The highest BCUT2D eigenvalue weighted by Crippen LogP contribution is 2.34. The molecule has 30 heavy (non-hydrogen) atoms. The second kappa shape index (κ2) is 8.93. The molecule has 3 heterocycles. The van der Waals surface area contributed by atoms with Crippen LogP contribution < -0.4 is 5.32 Å². The van der Waals surface area contributed by atoms with E-state index >= 15 is 0 Å². The molecule has 2 bridgehead atoms. The van der Waals surface area contributed by atoms with Crippen molar-refractivity contribution in [3.8, 4) is 0 Å². The van der Waals surface area contributed by atoms with Crippen molar-refractivity contribution in [2.24, 2.45) is 11.8 Å². The van der Waals surface area contributed by atoms with Crippen molar-refractivity contribution < 1.29 is 37.1 Å². The number of halogens is 3. The van der Waals surface area contributed by atoms with Crippen molar-refractivity contribution >= 4 is 11.9 Å². The lowest BCUT2D eigenvalue weighted by Gasteiger charge is -2.32. The van der Waals surface area contributed by atoms with Gasteiger partial charge in [-0.3, -0.25) is 9.69 Å². The molecule has 3 aliphatic rings. The van der Waals surface area contributed by atoms with Gasteiger partial charge in [0.1, 0.15) is 5.76 Å². The minimum Gasteiger partial charge on any atom is -0.475 e. The third-order valence-corrected chi connectivity index (χ3v) is 5.64. The van der Waals surface area contributed by atoms with Crippen molar-refractivity contribution in [3.05, 3.63) is 17.0 Å². The fourth-order valence-electron chi connectivity index (χ4n) is 3.79. The predicted molar refractivity (Wildman–Crippen MR) is 97.4 cm³/mol. The molecule has 11 heteroatoms. The Bertz CT molecular complexity index is 758. The van der Waals surface area contributed by atoms with E-state index in [0.717, 1.165) is 50.0 Å². The Labute approximate surface area is 171 Å². The number of ether oxygens (including phenoxy) is 1. The molecular formula is C19H26F3N3O5. The molecule has 2 saturated heterocycles. The molecule has 1 aromatic heterocycles. The molecular weight excluding hydrogens is 407 g/mol. The van der Waals surface area contributed by atoms with Crippen LogP contribution in [0.2, 0.25) is 0 Å². The Morgan fingerprint density at radius 3 is 2.47 bits per heavy atom. The molecule has 168 valence electrons. The third kappa shape index (κ3) is 5.72. The maximum atomic E-state index is 12.4. The SMILES string of the molecule is Cc1noc(C)c1CN1CC2CC(C(=O)NCC3CC3)C(C1)O2.O=C(O)C(F)(F)F. The normalized spacial score (nSPS) is 26.1. The zero-order valence-corrected chi connectivity index (χ0v) is 16.9. The summed E-state index contributed by atoms with van der Waals surface area (Å²) in [6.45, 7) is 7.30. The van der Waals surface area contributed by atoms with E-state index in [1.807, 2.05) is 13.8 Å². The minimum absolute atomic E-state index is 0.00780. The number of nitrogens with one attached hydrogen (secondary N) is 1. The standard InChI is InChI=1S/C17H25N3O3.C2HF3O2/c1-10-15(11(2)23-19-10)8-20-7-13-5-14(16(9-20)22-13)17(21)18-6-12-3-4-12;3-2(4,5)1(6)7/h12-14,16H,3-9H2,1-2H3,(H,18,21);(H,6,7). The van der Waals surface area contributed by atoms with Gasteiger partial charge in [0, 0.05) is 31.7 Å². The van der Waals surface area contributed by atoms with Crippen LogP contribution in [0.1, 0.15) is 36.3 Å². The van der Waals surface area contributed by atoms with Crippen molar-refractivity contribution in [2.75, 3.05) is 19.6 Å². The number of amides is 1. The second-order valence-electron chi connectivity index (χ2n) is 8.13. The number of aliphatic carboxylic acids is 1. The average Bonchev–Trinajstić information content (AvgIpc) is 3.38. The molecule has 3 atom stereocenters. The van der Waals surface area contributed by atoms with Crippen molar-refractivity contribution in [1.29, 1.82) is 0 Å². The molecule has 0 radical (unpaired) electrons. The minimum atomic E-state index is -5.08. The number of nitrogens with zero attached hydrogens (tertiary/aromatic N) is 2. The van der Waals surface area contributed by atoms with E-state index in [9.17, 15) is 18.0 Å². The van der Waals surface area contributed by atoms with Crippen LogP contribution in [-0.2, 0) is 20.9 Å². The van der Waals surface area contributed by atoms with Crippen LogP contribution in [0.5, 0.6) is 0 Å². The number of hydrogen-bond donors (Lipinski definition) is 2. The summed E-state index contributed by atoms with van der Waals surface area (Å²) in [5.41, 5.74) is 2.13. The number of aryl methyl sites for hydroxylation is 2. The molecule has 1 aliphatic carbocycles. The van der Waals surface area contributed by atoms with Gasteiger partial charge in [0.25, 0.3) is 0 Å². The van der Waals surface area contributed by atoms with Gasteiger partial charge in [-0.1, -0.05) is 5.16 Å². The highest BCUT2D eigenvalue weighted by Gasteiger charge is 2.45. The quantitative estimate of drug-likeness (QED) is 0.732. The first-order valence-corrected chi connectivity index (χ1v) is 9.92. The summed E-state index contributed by atoms with van der Waals surface area (Å²) in [5, 5.41) is 14.3. The molecule has 8 nitrogen and oxygen atoms in total. The first-order chi connectivity index (χ1) is 14.0. The van der Waals surface area contributed by atoms with Crippen LogP contribution in [0.4, 0.5) is 13.2 Å². The van der Waals surface area contributed by atoms with E-state index in [-0.39, 0.29) is 24.0 Å². The molecule has 3 unspecified atom stereocenters. The van der Waals surface area contributed by atoms with Crippen LogP contribution in [0.25, 0.3) is 0 Å². The molecule has 3 fully saturated rings. The highest BCUT2D eigenvalue weighted by atomic mass is 19.4. The summed E-state index contributed by atoms with van der Waals surface area (Å²) < 4.78 is 43.0. The van der Waals surface area contributed by atoms with E-state index in [1.165, 1.54) is 18.4 Å². The Kier molecular flexibility index (Phi) is 6.71. The van der Waals surface area contributed by atoms with Crippen LogP contribution >= 0.6 is 0 Å². The smallest absolute Gasteiger partial charge is 0.475 e. The number of carbonyl (C=O) groups excluding carboxylic acids is 1. The van der Waals surface area contributed by atoms with Gasteiger partial charge in [-0.05, 0) is 39.0 Å². The number of carboxylic acid groups (broad SMARTS) is 1. The number of hydrogen-bond acceptors (Lipinski definition) is 6. The Morgan fingerprint density at radius 1 is 1.27 bits per heavy atom. The van der Waals surface area contributed by atoms with Gasteiger partial charge in [-0.25, -0.2) is 4.79 Å². The number of aromatic nitrogens is 1. The fourth-order valence-corrected chi connectivity index (χ4v) is 3.79. The van der Waals surface area contributed by atoms with Gasteiger partial charge in [0.15, 0.2) is 0 Å². The van der Waals surface area contributed by atoms with Gasteiger partial charge >= 0.3 is 12.1 Å². The van der Waals surface area contributed by atoms with Gasteiger partial charge < -0.3 is 19.7 Å². The van der Waals surface area contributed by atoms with Crippen LogP contribution in [-0.4, -0.2) is 65.1 Å². The summed E-state index contributed by atoms with van der Waals surface area (Å²) >= 11 is 0. The number of carbonyl (C=O) groups is 2. The zero-order valence-electron chi connectivity index (χ0n) is 16.9. The number of rotatable bonds is 5. The zero-order chi connectivity index (χ0) is 22.1. The maximum absolute atomic E-state index is 12.4. The van der Waals surface area contributed by atoms with E-state index in [1.54, 1.807) is 0 Å². The summed E-state index contributed by atoms with van der Waals surface area (Å²) in [6.07, 6.45) is -1.52. The summed E-state index contributed by atoms with van der Waals surface area (Å²) in [7, 11) is 0. The van der Waals surface area contributed by atoms with Crippen molar-refractivity contribution in [2.45, 2.75) is 58.0 Å². The highest BCUT2D eigenvalue weighted by molar-refractivity contribution is 5.79. The van der Waals surface area contributed by atoms with Gasteiger partial charge in [0.05, 0.1) is 23.8 Å². The Balaban J connectivity index is 0.000000318. The average molecular weight is 433 g/mol. The topological polar surface area (TPSA) is 105 Å². The molecule has 2 N–H and O–H groups in total. The number of fused-ring (bicyclic) bond motifs is 2. The summed E-state index contributed by atoms with van der Waals surface area (Å²) in [5.74, 6) is -0.957. The van der Waals surface area contributed by atoms with E-state index in [0.29, 0.717) is 0 Å². The fraction of sp³-hybridized carbons (Fsp3) is 0.737. The molecule has 0 aromatic carbocycles. The monoisotopic (exact) mass is 433 g/mol. The first kappa shape index (κ1) is 22.5. The molecule has 0 spiro atoms. The predicted octanol–water partition coefficient (Wildman–Crippen LogP) is 2.04. The summed E-state index contributed by atoms with van der Waals surface area (Å²) in [4.78, 5) is 23.7. The van der Waals surface area contributed by atoms with Gasteiger partial charge in [0.2, 0.25) is 5.91 Å². The van der Waals surface area contributed by atoms with E-state index in [2.05, 4.69) is 15.4 Å². The van der Waals surface area contributed by atoms with Crippen molar-refractivity contribution in [1.82, 2.24) is 15.4 Å².